The van der Waals surface area contributed by atoms with Crippen molar-refractivity contribution < 1.29 is 0 Å². The van der Waals surface area contributed by atoms with Gasteiger partial charge in [0.2, 0.25) is 0 Å². The number of benzene rings is 1. The molecule has 0 amide bonds. The van der Waals surface area contributed by atoms with E-state index in [-0.39, 0.29) is 0 Å². The number of rotatable bonds is 3. The Bertz CT molecular complexity index is 360. The predicted molar refractivity (Wildman–Crippen MR) is 70.7 cm³/mol. The van der Waals surface area contributed by atoms with E-state index in [2.05, 4.69) is 23.6 Å². The van der Waals surface area contributed by atoms with Gasteiger partial charge in [-0.15, -0.1) is 6.58 Å². The van der Waals surface area contributed by atoms with Crippen LogP contribution >= 0.6 is 0 Å². The molecule has 1 aliphatic rings. The van der Waals surface area contributed by atoms with Gasteiger partial charge in [-0.3, -0.25) is 0 Å². The lowest BCUT2D eigenvalue weighted by Crippen LogP contribution is -2.39. The van der Waals surface area contributed by atoms with Crippen LogP contribution in [0.15, 0.2) is 36.9 Å². The van der Waals surface area contributed by atoms with Crippen LogP contribution in [0.3, 0.4) is 0 Å². The smallest absolute Gasteiger partial charge is 0.0602 e. The van der Waals surface area contributed by atoms with Crippen LogP contribution in [-0.2, 0) is 0 Å². The molecule has 0 bridgehead atoms. The summed E-state index contributed by atoms with van der Waals surface area (Å²) in [6.45, 7) is 4.97. The largest absolute Gasteiger partial charge is 0.397 e. The zero-order chi connectivity index (χ0) is 11.4. The van der Waals surface area contributed by atoms with Crippen LogP contribution < -0.4 is 10.6 Å². The predicted octanol–water partition coefficient (Wildman–Crippen LogP) is 3.20. The lowest BCUT2D eigenvalue weighted by Gasteiger charge is -2.37. The molecule has 0 aliphatic carbocycles. The average molecular weight is 216 g/mol. The monoisotopic (exact) mass is 216 g/mol. The van der Waals surface area contributed by atoms with Crippen molar-refractivity contribution in [2.75, 3.05) is 17.2 Å². The highest BCUT2D eigenvalue weighted by molar-refractivity contribution is 5.67. The number of nitrogen functional groups attached to an aromatic ring is 1. The Morgan fingerprint density at radius 1 is 1.38 bits per heavy atom. The minimum Gasteiger partial charge on any atom is -0.397 e. The highest BCUT2D eigenvalue weighted by Gasteiger charge is 2.22. The van der Waals surface area contributed by atoms with Gasteiger partial charge < -0.3 is 10.6 Å². The second-order valence-corrected chi connectivity index (χ2v) is 4.43. The van der Waals surface area contributed by atoms with E-state index in [4.69, 9.17) is 5.73 Å². The van der Waals surface area contributed by atoms with E-state index in [1.807, 2.05) is 18.2 Å². The van der Waals surface area contributed by atoms with E-state index < -0.39 is 0 Å². The minimum absolute atomic E-state index is 0.580. The molecule has 1 fully saturated rings. The molecule has 1 aromatic rings. The molecule has 2 rings (SSSR count). The minimum atomic E-state index is 0.580. The third kappa shape index (κ3) is 2.21. The van der Waals surface area contributed by atoms with Crippen LogP contribution in [0.1, 0.15) is 25.7 Å². The highest BCUT2D eigenvalue weighted by Crippen LogP contribution is 2.30. The maximum Gasteiger partial charge on any atom is 0.0602 e. The van der Waals surface area contributed by atoms with Crippen LogP contribution in [0.25, 0.3) is 0 Å². The summed E-state index contributed by atoms with van der Waals surface area (Å²) in [5.74, 6) is 0. The van der Waals surface area contributed by atoms with E-state index in [9.17, 15) is 0 Å². The Morgan fingerprint density at radius 2 is 2.19 bits per heavy atom. The van der Waals surface area contributed by atoms with Gasteiger partial charge >= 0.3 is 0 Å². The van der Waals surface area contributed by atoms with E-state index in [1.54, 1.807) is 0 Å². The highest BCUT2D eigenvalue weighted by atomic mass is 15.2. The molecule has 0 spiro atoms. The van der Waals surface area contributed by atoms with Crippen molar-refractivity contribution in [2.24, 2.45) is 0 Å². The van der Waals surface area contributed by atoms with Gasteiger partial charge in [0.1, 0.15) is 0 Å². The summed E-state index contributed by atoms with van der Waals surface area (Å²) in [5.41, 5.74) is 8.12. The molecule has 1 atom stereocenters. The van der Waals surface area contributed by atoms with Crippen molar-refractivity contribution in [3.05, 3.63) is 36.9 Å². The number of nitrogens with zero attached hydrogens (tertiary/aromatic N) is 1. The van der Waals surface area contributed by atoms with Crippen LogP contribution in [0.5, 0.6) is 0 Å². The molecule has 2 nitrogen and oxygen atoms in total. The summed E-state index contributed by atoms with van der Waals surface area (Å²) < 4.78 is 0. The Kier molecular flexibility index (Phi) is 3.50. The maximum absolute atomic E-state index is 6.04. The molecule has 0 radical (unpaired) electrons. The number of anilines is 2. The third-order valence-corrected chi connectivity index (χ3v) is 3.31. The van der Waals surface area contributed by atoms with Crippen molar-refractivity contribution in [2.45, 2.75) is 31.7 Å². The van der Waals surface area contributed by atoms with Crippen LogP contribution in [-0.4, -0.2) is 12.6 Å². The van der Waals surface area contributed by atoms with E-state index in [0.29, 0.717) is 6.04 Å². The van der Waals surface area contributed by atoms with Gasteiger partial charge in [-0.1, -0.05) is 18.2 Å². The van der Waals surface area contributed by atoms with Gasteiger partial charge in [-0.2, -0.15) is 0 Å². The van der Waals surface area contributed by atoms with Gasteiger partial charge in [0.05, 0.1) is 11.4 Å². The molecule has 2 N–H and O–H groups in total. The standard InChI is InChI=1S/C14H20N2/c1-2-7-12-8-5-6-11-16(12)14-10-4-3-9-13(14)15/h2-4,9-10,12H,1,5-8,11,15H2. The Hall–Kier alpha value is -1.44. The van der Waals surface area contributed by atoms with E-state index in [0.717, 1.165) is 18.7 Å². The number of para-hydroxylation sites is 2. The fourth-order valence-electron chi connectivity index (χ4n) is 2.50. The summed E-state index contributed by atoms with van der Waals surface area (Å²) in [6.07, 6.45) is 6.90. The SMILES string of the molecule is C=CCC1CCCCN1c1ccccc1N. The second kappa shape index (κ2) is 5.06. The lowest BCUT2D eigenvalue weighted by molar-refractivity contribution is 0.463. The van der Waals surface area contributed by atoms with Gasteiger partial charge in [0, 0.05) is 12.6 Å². The Morgan fingerprint density at radius 3 is 2.94 bits per heavy atom. The van der Waals surface area contributed by atoms with Crippen LogP contribution in [0.4, 0.5) is 11.4 Å². The quantitative estimate of drug-likeness (QED) is 0.621. The molecule has 86 valence electrons. The number of hydrogen-bond acceptors (Lipinski definition) is 2. The lowest BCUT2D eigenvalue weighted by atomic mass is 9.98. The van der Waals surface area contributed by atoms with Crippen LogP contribution in [0, 0.1) is 0 Å². The maximum atomic E-state index is 6.04. The molecule has 0 saturated carbocycles. The van der Waals surface area contributed by atoms with Crippen molar-refractivity contribution >= 4 is 11.4 Å². The normalized spacial score (nSPS) is 20.8. The molecule has 16 heavy (non-hydrogen) atoms. The number of piperidine rings is 1. The fraction of sp³-hybridized carbons (Fsp3) is 0.429. The first-order chi connectivity index (χ1) is 7.83. The summed E-state index contributed by atoms with van der Waals surface area (Å²) >= 11 is 0. The molecule has 1 aliphatic heterocycles. The zero-order valence-corrected chi connectivity index (χ0v) is 9.73. The zero-order valence-electron chi connectivity index (χ0n) is 9.73. The first-order valence-corrected chi connectivity index (χ1v) is 6.05. The van der Waals surface area contributed by atoms with Crippen molar-refractivity contribution in [1.82, 2.24) is 0 Å². The summed E-state index contributed by atoms with van der Waals surface area (Å²) in [4.78, 5) is 2.44. The fourth-order valence-corrected chi connectivity index (χ4v) is 2.50. The molecular weight excluding hydrogens is 196 g/mol. The summed E-state index contributed by atoms with van der Waals surface area (Å²) in [5, 5.41) is 0. The van der Waals surface area contributed by atoms with Crippen molar-refractivity contribution in [1.29, 1.82) is 0 Å². The topological polar surface area (TPSA) is 29.3 Å². The first kappa shape index (κ1) is 11.1. The number of nitrogens with two attached hydrogens (primary N) is 1. The Labute approximate surface area is 97.8 Å². The average Bonchev–Trinajstić information content (AvgIpc) is 2.31. The molecule has 1 unspecified atom stereocenters. The van der Waals surface area contributed by atoms with Gasteiger partial charge in [0.15, 0.2) is 0 Å². The molecule has 1 aromatic carbocycles. The molecule has 2 heteroatoms. The van der Waals surface area contributed by atoms with Crippen molar-refractivity contribution in [3.8, 4) is 0 Å². The van der Waals surface area contributed by atoms with Gasteiger partial charge in [0.25, 0.3) is 0 Å². The van der Waals surface area contributed by atoms with Crippen molar-refractivity contribution in [3.63, 3.8) is 0 Å². The second-order valence-electron chi connectivity index (χ2n) is 4.43. The van der Waals surface area contributed by atoms with Gasteiger partial charge in [-0.05, 0) is 37.8 Å². The van der Waals surface area contributed by atoms with E-state index in [1.165, 1.54) is 24.9 Å². The van der Waals surface area contributed by atoms with Crippen LogP contribution in [0.2, 0.25) is 0 Å². The first-order valence-electron chi connectivity index (χ1n) is 6.05. The van der Waals surface area contributed by atoms with E-state index >= 15 is 0 Å². The molecule has 1 heterocycles. The van der Waals surface area contributed by atoms with Gasteiger partial charge in [-0.25, -0.2) is 0 Å². The molecule has 1 saturated heterocycles. The Balaban J connectivity index is 2.22. The molecular formula is C14H20N2. The summed E-state index contributed by atoms with van der Waals surface area (Å²) in [7, 11) is 0. The number of hydrogen-bond donors (Lipinski definition) is 1. The third-order valence-electron chi connectivity index (χ3n) is 3.31. The summed E-state index contributed by atoms with van der Waals surface area (Å²) in [6, 6.07) is 8.73. The molecule has 0 aromatic heterocycles.